The molecule has 32 heavy (non-hydrogen) atoms. The molecule has 0 aromatic rings. The van der Waals surface area contributed by atoms with Crippen LogP contribution >= 0.6 is 0 Å². The van der Waals surface area contributed by atoms with Gasteiger partial charge in [0.25, 0.3) is 0 Å². The fourth-order valence-electron chi connectivity index (χ4n) is 4.52. The molecule has 0 saturated heterocycles. The lowest BCUT2D eigenvalue weighted by molar-refractivity contribution is -0.145. The molecule has 0 bridgehead atoms. The van der Waals surface area contributed by atoms with Crippen LogP contribution < -0.4 is 0 Å². The largest absolute Gasteiger partial charge is 0.469 e. The Hall–Kier alpha value is -1.35. The summed E-state index contributed by atoms with van der Waals surface area (Å²) in [4.78, 5) is 11.4. The number of hydrogen-bond donors (Lipinski definition) is 1. The molecule has 0 fully saturated rings. The highest BCUT2D eigenvalue weighted by atomic mass is 16.5. The highest BCUT2D eigenvalue weighted by molar-refractivity contribution is 5.71. The van der Waals surface area contributed by atoms with E-state index in [9.17, 15) is 9.90 Å². The van der Waals surface area contributed by atoms with Crippen LogP contribution in [0.25, 0.3) is 0 Å². The molecule has 1 aliphatic carbocycles. The smallest absolute Gasteiger partial charge is 0.308 e. The van der Waals surface area contributed by atoms with Gasteiger partial charge < -0.3 is 9.84 Å². The molecule has 1 N–H and O–H groups in total. The molecule has 0 amide bonds. The van der Waals surface area contributed by atoms with Gasteiger partial charge in [0.15, 0.2) is 0 Å². The predicted octanol–water partition coefficient (Wildman–Crippen LogP) is 7.80. The zero-order valence-corrected chi connectivity index (χ0v) is 22.0. The number of aliphatic hydroxyl groups excluding tert-OH is 1. The van der Waals surface area contributed by atoms with E-state index >= 15 is 0 Å². The van der Waals surface area contributed by atoms with Gasteiger partial charge in [-0.15, -0.1) is 0 Å². The molecule has 3 heteroatoms. The standard InChI is InChI=1S/C29H50O3/c1-21(11-8-12-22(2)15-10-16-24(4)29(31)32-7)13-9-14-23(3)17-18-27-19-25(5)26(6)28(30)20-27/h13,15,20,23-26,28,30H,8-12,14,16-19H2,1-7H3/b21-13+,22-15+. The minimum Gasteiger partial charge on any atom is -0.469 e. The van der Waals surface area contributed by atoms with E-state index in [0.29, 0.717) is 11.8 Å². The van der Waals surface area contributed by atoms with Crippen LogP contribution in [0.2, 0.25) is 0 Å². The third-order valence-electron chi connectivity index (χ3n) is 7.38. The molecular weight excluding hydrogens is 396 g/mol. The molecule has 0 aromatic heterocycles. The van der Waals surface area contributed by atoms with Crippen LogP contribution in [0.5, 0.6) is 0 Å². The van der Waals surface area contributed by atoms with Crippen molar-refractivity contribution in [2.45, 2.75) is 112 Å². The number of esters is 1. The second-order valence-corrected chi connectivity index (χ2v) is 10.5. The summed E-state index contributed by atoms with van der Waals surface area (Å²) in [5.74, 6) is 1.58. The summed E-state index contributed by atoms with van der Waals surface area (Å²) in [6.45, 7) is 13.2. The Morgan fingerprint density at radius 1 is 1.09 bits per heavy atom. The first-order valence-electron chi connectivity index (χ1n) is 12.9. The monoisotopic (exact) mass is 446 g/mol. The zero-order chi connectivity index (χ0) is 24.1. The van der Waals surface area contributed by atoms with Crippen LogP contribution in [-0.4, -0.2) is 24.3 Å². The molecule has 0 radical (unpaired) electrons. The van der Waals surface area contributed by atoms with Crippen molar-refractivity contribution < 1.29 is 14.6 Å². The summed E-state index contributed by atoms with van der Waals surface area (Å²) in [6, 6.07) is 0. The quantitative estimate of drug-likeness (QED) is 0.219. The van der Waals surface area contributed by atoms with E-state index in [1.54, 1.807) is 0 Å². The molecule has 1 aliphatic rings. The van der Waals surface area contributed by atoms with Crippen LogP contribution in [0.15, 0.2) is 34.9 Å². The highest BCUT2D eigenvalue weighted by Gasteiger charge is 2.25. The molecule has 5 atom stereocenters. The molecule has 0 aliphatic heterocycles. The number of carbonyl (C=O) groups excluding carboxylic acids is 1. The highest BCUT2D eigenvalue weighted by Crippen LogP contribution is 2.32. The van der Waals surface area contributed by atoms with Gasteiger partial charge in [-0.05, 0) is 95.8 Å². The van der Waals surface area contributed by atoms with Gasteiger partial charge in [0.2, 0.25) is 0 Å². The van der Waals surface area contributed by atoms with Crippen molar-refractivity contribution in [1.29, 1.82) is 0 Å². The van der Waals surface area contributed by atoms with E-state index in [1.165, 1.54) is 55.9 Å². The predicted molar refractivity (Wildman–Crippen MR) is 136 cm³/mol. The maximum atomic E-state index is 11.4. The third-order valence-corrected chi connectivity index (χ3v) is 7.38. The summed E-state index contributed by atoms with van der Waals surface area (Å²) < 4.78 is 4.78. The molecule has 184 valence electrons. The maximum Gasteiger partial charge on any atom is 0.308 e. The molecule has 1 rings (SSSR count). The summed E-state index contributed by atoms with van der Waals surface area (Å²) in [5.41, 5.74) is 4.39. The average molecular weight is 447 g/mol. The lowest BCUT2D eigenvalue weighted by Gasteiger charge is -2.30. The van der Waals surface area contributed by atoms with E-state index in [0.717, 1.165) is 38.0 Å². The normalized spacial score (nSPS) is 24.1. The number of ether oxygens (including phenoxy) is 1. The summed E-state index contributed by atoms with van der Waals surface area (Å²) in [7, 11) is 1.46. The number of methoxy groups -OCH3 is 1. The Morgan fingerprint density at radius 3 is 2.25 bits per heavy atom. The van der Waals surface area contributed by atoms with Crippen LogP contribution in [-0.2, 0) is 9.53 Å². The van der Waals surface area contributed by atoms with Crippen LogP contribution in [0.1, 0.15) is 106 Å². The molecule has 0 spiro atoms. The van der Waals surface area contributed by atoms with Crippen molar-refractivity contribution in [1.82, 2.24) is 0 Å². The maximum absolute atomic E-state index is 11.4. The summed E-state index contributed by atoms with van der Waals surface area (Å²) >= 11 is 0. The van der Waals surface area contributed by atoms with E-state index in [4.69, 9.17) is 4.74 Å². The lowest BCUT2D eigenvalue weighted by Crippen LogP contribution is -2.27. The van der Waals surface area contributed by atoms with Gasteiger partial charge in [-0.3, -0.25) is 4.79 Å². The van der Waals surface area contributed by atoms with Crippen LogP contribution in [0.4, 0.5) is 0 Å². The van der Waals surface area contributed by atoms with Crippen molar-refractivity contribution in [2.24, 2.45) is 23.7 Å². The Bertz CT molecular complexity index is 643. The Kier molecular flexibility index (Phi) is 13.9. The zero-order valence-electron chi connectivity index (χ0n) is 22.0. The molecule has 0 heterocycles. The van der Waals surface area contributed by atoms with Gasteiger partial charge in [-0.2, -0.15) is 0 Å². The SMILES string of the molecule is COC(=O)C(C)CC/C=C(\C)CCC/C(C)=C/CCC(C)CCC1=CC(O)C(C)C(C)C1. The fraction of sp³-hybridized carbons (Fsp3) is 0.759. The first-order chi connectivity index (χ1) is 15.1. The molecule has 0 saturated carbocycles. The van der Waals surface area contributed by atoms with Crippen molar-refractivity contribution in [3.8, 4) is 0 Å². The first kappa shape index (κ1) is 28.7. The second-order valence-electron chi connectivity index (χ2n) is 10.5. The van der Waals surface area contributed by atoms with Crippen LogP contribution in [0.3, 0.4) is 0 Å². The average Bonchev–Trinajstić information content (AvgIpc) is 2.75. The number of aliphatic hydroxyl groups is 1. The first-order valence-corrected chi connectivity index (χ1v) is 12.9. The summed E-state index contributed by atoms with van der Waals surface area (Å²) in [5, 5.41) is 10.2. The van der Waals surface area contributed by atoms with E-state index < -0.39 is 0 Å². The molecule has 3 nitrogen and oxygen atoms in total. The van der Waals surface area contributed by atoms with E-state index in [-0.39, 0.29) is 18.0 Å². The van der Waals surface area contributed by atoms with Gasteiger partial charge in [0.05, 0.1) is 19.1 Å². The molecule has 0 aromatic carbocycles. The Labute approximate surface area is 198 Å². The summed E-state index contributed by atoms with van der Waals surface area (Å²) in [6.07, 6.45) is 17.8. The van der Waals surface area contributed by atoms with Gasteiger partial charge in [0, 0.05) is 0 Å². The Balaban J connectivity index is 2.20. The van der Waals surface area contributed by atoms with Gasteiger partial charge in [0.1, 0.15) is 0 Å². The third kappa shape index (κ3) is 11.5. The minimum absolute atomic E-state index is 0.0186. The van der Waals surface area contributed by atoms with E-state index in [1.807, 2.05) is 6.92 Å². The van der Waals surface area contributed by atoms with E-state index in [2.05, 4.69) is 52.8 Å². The van der Waals surface area contributed by atoms with Crippen LogP contribution in [0, 0.1) is 23.7 Å². The minimum atomic E-state index is -0.253. The molecular formula is C29H50O3. The second kappa shape index (κ2) is 15.5. The number of hydrogen-bond acceptors (Lipinski definition) is 3. The van der Waals surface area contributed by atoms with Gasteiger partial charge in [-0.1, -0.05) is 62.6 Å². The topological polar surface area (TPSA) is 46.5 Å². The number of rotatable bonds is 14. The lowest BCUT2D eigenvalue weighted by atomic mass is 9.78. The number of allylic oxidation sites excluding steroid dienone is 5. The van der Waals surface area contributed by atoms with Gasteiger partial charge in [-0.25, -0.2) is 0 Å². The van der Waals surface area contributed by atoms with Crippen molar-refractivity contribution in [3.05, 3.63) is 34.9 Å². The Morgan fingerprint density at radius 2 is 1.69 bits per heavy atom. The van der Waals surface area contributed by atoms with Crippen molar-refractivity contribution in [3.63, 3.8) is 0 Å². The van der Waals surface area contributed by atoms with Gasteiger partial charge >= 0.3 is 5.97 Å². The van der Waals surface area contributed by atoms with Crippen molar-refractivity contribution in [2.75, 3.05) is 7.11 Å². The van der Waals surface area contributed by atoms with Crippen molar-refractivity contribution >= 4 is 5.97 Å². The molecule has 5 unspecified atom stereocenters. The number of carbonyl (C=O) groups is 1. The fourth-order valence-corrected chi connectivity index (χ4v) is 4.52.